The van der Waals surface area contributed by atoms with E-state index in [2.05, 4.69) is 34.6 Å². The van der Waals surface area contributed by atoms with E-state index in [0.717, 1.165) is 18.2 Å². The van der Waals surface area contributed by atoms with Crippen LogP contribution in [0.2, 0.25) is 0 Å². The molecule has 1 aliphatic rings. The molecule has 104 valence electrons. The van der Waals surface area contributed by atoms with Gasteiger partial charge in [-0.15, -0.1) is 0 Å². The standard InChI is InChI=1S/C15H23N3O/c1-11-4-7-13(8-14(11)18(2)3)16-10-15(19)17-9-12-5-6-12/h4,7-8,12,16H,5-6,9-10H2,1-3H3,(H,17,19). The molecule has 0 heterocycles. The summed E-state index contributed by atoms with van der Waals surface area (Å²) >= 11 is 0. The van der Waals surface area contributed by atoms with Gasteiger partial charge in [0.05, 0.1) is 6.54 Å². The first-order valence-corrected chi connectivity index (χ1v) is 6.85. The Bertz CT molecular complexity index is 453. The molecule has 2 rings (SSSR count). The first-order valence-electron chi connectivity index (χ1n) is 6.85. The average Bonchev–Trinajstić information content (AvgIpc) is 3.19. The molecule has 0 aromatic heterocycles. The fourth-order valence-corrected chi connectivity index (χ4v) is 2.03. The van der Waals surface area contributed by atoms with Crippen molar-refractivity contribution >= 4 is 17.3 Å². The Balaban J connectivity index is 1.84. The molecule has 1 aliphatic carbocycles. The van der Waals surface area contributed by atoms with Gasteiger partial charge in [0.25, 0.3) is 0 Å². The van der Waals surface area contributed by atoms with Gasteiger partial charge in [-0.25, -0.2) is 0 Å². The Hall–Kier alpha value is -1.71. The van der Waals surface area contributed by atoms with Gasteiger partial charge in [-0.2, -0.15) is 0 Å². The van der Waals surface area contributed by atoms with Crippen LogP contribution in [0.25, 0.3) is 0 Å². The van der Waals surface area contributed by atoms with Gasteiger partial charge in [-0.3, -0.25) is 4.79 Å². The summed E-state index contributed by atoms with van der Waals surface area (Å²) in [7, 11) is 4.04. The number of anilines is 2. The van der Waals surface area contributed by atoms with Crippen LogP contribution in [-0.4, -0.2) is 33.1 Å². The molecule has 2 N–H and O–H groups in total. The SMILES string of the molecule is Cc1ccc(NCC(=O)NCC2CC2)cc1N(C)C. The minimum Gasteiger partial charge on any atom is -0.377 e. The van der Waals surface area contributed by atoms with Crippen LogP contribution in [0, 0.1) is 12.8 Å². The summed E-state index contributed by atoms with van der Waals surface area (Å²) in [6.07, 6.45) is 2.52. The minimum absolute atomic E-state index is 0.0684. The fraction of sp³-hybridized carbons (Fsp3) is 0.533. The topological polar surface area (TPSA) is 44.4 Å². The molecule has 0 unspecified atom stereocenters. The lowest BCUT2D eigenvalue weighted by Crippen LogP contribution is -2.31. The summed E-state index contributed by atoms with van der Waals surface area (Å²) in [6.45, 7) is 3.25. The predicted octanol–water partition coefficient (Wildman–Crippen LogP) is 2.00. The minimum atomic E-state index is 0.0684. The molecule has 1 amide bonds. The van der Waals surface area contributed by atoms with E-state index in [9.17, 15) is 4.79 Å². The summed E-state index contributed by atoms with van der Waals surface area (Å²) in [5.74, 6) is 0.794. The number of nitrogens with zero attached hydrogens (tertiary/aromatic N) is 1. The molecule has 0 saturated heterocycles. The summed E-state index contributed by atoms with van der Waals surface area (Å²) < 4.78 is 0. The quantitative estimate of drug-likeness (QED) is 0.823. The normalized spacial score (nSPS) is 14.1. The van der Waals surface area contributed by atoms with E-state index in [1.807, 2.05) is 20.2 Å². The van der Waals surface area contributed by atoms with Crippen LogP contribution < -0.4 is 15.5 Å². The molecule has 0 bridgehead atoms. The van der Waals surface area contributed by atoms with Gasteiger partial charge < -0.3 is 15.5 Å². The number of carbonyl (C=O) groups excluding carboxylic acids is 1. The Labute approximate surface area is 115 Å². The summed E-state index contributed by atoms with van der Waals surface area (Å²) in [5.41, 5.74) is 3.38. The summed E-state index contributed by atoms with van der Waals surface area (Å²) in [6, 6.07) is 6.15. The van der Waals surface area contributed by atoms with Crippen molar-refractivity contribution in [1.29, 1.82) is 0 Å². The molecule has 1 saturated carbocycles. The van der Waals surface area contributed by atoms with Crippen molar-refractivity contribution < 1.29 is 4.79 Å². The van der Waals surface area contributed by atoms with E-state index >= 15 is 0 Å². The number of hydrogen-bond donors (Lipinski definition) is 2. The van der Waals surface area contributed by atoms with Crippen LogP contribution in [0.1, 0.15) is 18.4 Å². The monoisotopic (exact) mass is 261 g/mol. The molecule has 19 heavy (non-hydrogen) atoms. The van der Waals surface area contributed by atoms with Crippen molar-refractivity contribution in [2.45, 2.75) is 19.8 Å². The number of rotatable bonds is 6. The second-order valence-corrected chi connectivity index (χ2v) is 5.50. The van der Waals surface area contributed by atoms with E-state index in [-0.39, 0.29) is 5.91 Å². The molecule has 1 fully saturated rings. The zero-order valence-corrected chi connectivity index (χ0v) is 12.0. The third-order valence-electron chi connectivity index (χ3n) is 3.43. The second kappa shape index (κ2) is 5.95. The molecule has 4 nitrogen and oxygen atoms in total. The highest BCUT2D eigenvalue weighted by molar-refractivity contribution is 5.81. The van der Waals surface area contributed by atoms with Crippen LogP contribution in [0.5, 0.6) is 0 Å². The Morgan fingerprint density at radius 1 is 1.37 bits per heavy atom. The fourth-order valence-electron chi connectivity index (χ4n) is 2.03. The van der Waals surface area contributed by atoms with Gasteiger partial charge in [0.2, 0.25) is 5.91 Å². The van der Waals surface area contributed by atoms with Crippen molar-refractivity contribution in [3.8, 4) is 0 Å². The van der Waals surface area contributed by atoms with E-state index in [4.69, 9.17) is 0 Å². The summed E-state index contributed by atoms with van der Waals surface area (Å²) in [4.78, 5) is 13.7. The highest BCUT2D eigenvalue weighted by atomic mass is 16.1. The zero-order chi connectivity index (χ0) is 13.8. The molecular formula is C15H23N3O. The predicted molar refractivity (Wildman–Crippen MR) is 79.7 cm³/mol. The molecule has 4 heteroatoms. The van der Waals surface area contributed by atoms with Crippen LogP contribution >= 0.6 is 0 Å². The number of benzene rings is 1. The Morgan fingerprint density at radius 3 is 2.74 bits per heavy atom. The number of nitrogens with one attached hydrogen (secondary N) is 2. The molecule has 1 aromatic carbocycles. The molecular weight excluding hydrogens is 238 g/mol. The number of amides is 1. The third-order valence-corrected chi connectivity index (χ3v) is 3.43. The van der Waals surface area contributed by atoms with Gasteiger partial charge in [0, 0.05) is 32.0 Å². The summed E-state index contributed by atoms with van der Waals surface area (Å²) in [5, 5.41) is 6.12. The van der Waals surface area contributed by atoms with Crippen molar-refractivity contribution in [2.24, 2.45) is 5.92 Å². The maximum Gasteiger partial charge on any atom is 0.239 e. The van der Waals surface area contributed by atoms with Gasteiger partial charge >= 0.3 is 0 Å². The molecule has 0 atom stereocenters. The lowest BCUT2D eigenvalue weighted by Gasteiger charge is -2.17. The maximum absolute atomic E-state index is 11.7. The lowest BCUT2D eigenvalue weighted by molar-refractivity contribution is -0.119. The lowest BCUT2D eigenvalue weighted by atomic mass is 10.1. The van der Waals surface area contributed by atoms with Crippen molar-refractivity contribution in [3.05, 3.63) is 23.8 Å². The number of hydrogen-bond acceptors (Lipinski definition) is 3. The highest BCUT2D eigenvalue weighted by Gasteiger charge is 2.21. The van der Waals surface area contributed by atoms with Crippen LogP contribution in [-0.2, 0) is 4.79 Å². The van der Waals surface area contributed by atoms with Gasteiger partial charge in [-0.05, 0) is 43.4 Å². The van der Waals surface area contributed by atoms with Crippen molar-refractivity contribution in [2.75, 3.05) is 37.4 Å². The molecule has 1 aromatic rings. The third kappa shape index (κ3) is 4.16. The second-order valence-electron chi connectivity index (χ2n) is 5.50. The van der Waals surface area contributed by atoms with Gasteiger partial charge in [0.15, 0.2) is 0 Å². The van der Waals surface area contributed by atoms with Gasteiger partial charge in [-0.1, -0.05) is 6.07 Å². The van der Waals surface area contributed by atoms with E-state index in [1.54, 1.807) is 0 Å². The highest BCUT2D eigenvalue weighted by Crippen LogP contribution is 2.27. The first kappa shape index (κ1) is 13.7. The average molecular weight is 261 g/mol. The van der Waals surface area contributed by atoms with Crippen molar-refractivity contribution in [3.63, 3.8) is 0 Å². The Morgan fingerprint density at radius 2 is 2.11 bits per heavy atom. The Kier molecular flexibility index (Phi) is 4.30. The first-order chi connectivity index (χ1) is 9.06. The van der Waals surface area contributed by atoms with E-state index in [1.165, 1.54) is 24.1 Å². The number of carbonyl (C=O) groups is 1. The van der Waals surface area contributed by atoms with Crippen molar-refractivity contribution in [1.82, 2.24) is 5.32 Å². The van der Waals surface area contributed by atoms with Crippen LogP contribution in [0.3, 0.4) is 0 Å². The zero-order valence-electron chi connectivity index (χ0n) is 12.0. The van der Waals surface area contributed by atoms with Gasteiger partial charge in [0.1, 0.15) is 0 Å². The van der Waals surface area contributed by atoms with E-state index in [0.29, 0.717) is 6.54 Å². The maximum atomic E-state index is 11.7. The van der Waals surface area contributed by atoms with Crippen LogP contribution in [0.4, 0.5) is 11.4 Å². The smallest absolute Gasteiger partial charge is 0.239 e. The largest absolute Gasteiger partial charge is 0.377 e. The number of aryl methyl sites for hydroxylation is 1. The molecule has 0 spiro atoms. The molecule has 0 aliphatic heterocycles. The van der Waals surface area contributed by atoms with E-state index < -0.39 is 0 Å². The van der Waals surface area contributed by atoms with Crippen LogP contribution in [0.15, 0.2) is 18.2 Å². The molecule has 0 radical (unpaired) electrons.